The van der Waals surface area contributed by atoms with Crippen molar-refractivity contribution in [1.29, 1.82) is 0 Å². The molecule has 0 aliphatic carbocycles. The van der Waals surface area contributed by atoms with Crippen molar-refractivity contribution in [2.75, 3.05) is 36.0 Å². The lowest BCUT2D eigenvalue weighted by Gasteiger charge is -2.34. The summed E-state index contributed by atoms with van der Waals surface area (Å²) in [5.74, 6) is -1.95. The zero-order chi connectivity index (χ0) is 28.9. The van der Waals surface area contributed by atoms with Crippen LogP contribution in [-0.4, -0.2) is 59.2 Å². The fraction of sp³-hybridized carbons (Fsp3) is 0.400. The third-order valence-corrected chi connectivity index (χ3v) is 8.50. The molecule has 2 aliphatic heterocycles. The lowest BCUT2D eigenvalue weighted by Crippen LogP contribution is -2.49. The Morgan fingerprint density at radius 1 is 0.927 bits per heavy atom. The standard InChI is InChI=1S/C30H32Cl2FN5O3/c31-23-11-10-21(16-24(23)32)20-8-6-19(7-9-20)15-25(30(40)41)36-29(39)22-5-4-14-38(17-22)28-26(33)27(34-18-35-28)37-12-2-1-3-13-37/h6-11,16,18,22,25H,1-5,12-15,17H2,(H,36,39)(H,40,41)/t22?,25-/m0/s1. The number of hydrogen-bond donors (Lipinski definition) is 2. The monoisotopic (exact) mass is 599 g/mol. The largest absolute Gasteiger partial charge is 0.480 e. The van der Waals surface area contributed by atoms with Gasteiger partial charge in [-0.2, -0.15) is 4.39 Å². The normalized spacial score (nSPS) is 18.2. The summed E-state index contributed by atoms with van der Waals surface area (Å²) in [6.45, 7) is 2.33. The molecule has 1 aromatic heterocycles. The van der Waals surface area contributed by atoms with Crippen LogP contribution in [0.1, 0.15) is 37.7 Å². The number of carbonyl (C=O) groups is 2. The van der Waals surface area contributed by atoms with Crippen LogP contribution in [0.15, 0.2) is 48.8 Å². The van der Waals surface area contributed by atoms with Crippen LogP contribution >= 0.6 is 23.2 Å². The predicted octanol–water partition coefficient (Wildman–Crippen LogP) is 5.61. The van der Waals surface area contributed by atoms with E-state index in [-0.39, 0.29) is 24.7 Å². The maximum Gasteiger partial charge on any atom is 0.326 e. The molecule has 3 aromatic rings. The van der Waals surface area contributed by atoms with Crippen molar-refractivity contribution in [3.05, 3.63) is 70.2 Å². The predicted molar refractivity (Wildman–Crippen MR) is 158 cm³/mol. The summed E-state index contributed by atoms with van der Waals surface area (Å²) in [7, 11) is 0. The van der Waals surface area contributed by atoms with Gasteiger partial charge in [-0.1, -0.05) is 53.5 Å². The van der Waals surface area contributed by atoms with Crippen molar-refractivity contribution in [2.24, 2.45) is 5.92 Å². The van der Waals surface area contributed by atoms with Crippen LogP contribution in [0.2, 0.25) is 10.0 Å². The van der Waals surface area contributed by atoms with Crippen molar-refractivity contribution in [2.45, 2.75) is 44.6 Å². The zero-order valence-corrected chi connectivity index (χ0v) is 24.0. The van der Waals surface area contributed by atoms with Crippen molar-refractivity contribution < 1.29 is 19.1 Å². The van der Waals surface area contributed by atoms with Gasteiger partial charge < -0.3 is 20.2 Å². The molecule has 2 aliphatic rings. The molecular formula is C30H32Cl2FN5O3. The lowest BCUT2D eigenvalue weighted by atomic mass is 9.95. The van der Waals surface area contributed by atoms with Crippen LogP contribution in [0, 0.1) is 11.7 Å². The maximum absolute atomic E-state index is 15.5. The number of hydrogen-bond acceptors (Lipinski definition) is 6. The Morgan fingerprint density at radius 3 is 2.27 bits per heavy atom. The number of aromatic nitrogens is 2. The highest BCUT2D eigenvalue weighted by Crippen LogP contribution is 2.30. The van der Waals surface area contributed by atoms with Crippen LogP contribution in [0.3, 0.4) is 0 Å². The summed E-state index contributed by atoms with van der Waals surface area (Å²) in [5, 5.41) is 13.5. The molecule has 2 atom stereocenters. The zero-order valence-electron chi connectivity index (χ0n) is 22.5. The van der Waals surface area contributed by atoms with Gasteiger partial charge in [0.05, 0.1) is 16.0 Å². The SMILES string of the molecule is O=C(N[C@@H](Cc1ccc(-c2ccc(Cl)c(Cl)c2)cc1)C(=O)O)C1CCCN(c2ncnc(N3CCCCC3)c2F)C1. The van der Waals surface area contributed by atoms with Crippen LogP contribution < -0.4 is 15.1 Å². The third kappa shape index (κ3) is 6.90. The van der Waals surface area contributed by atoms with E-state index in [2.05, 4.69) is 15.3 Å². The van der Waals surface area contributed by atoms with Gasteiger partial charge in [0, 0.05) is 32.6 Å². The Morgan fingerprint density at radius 2 is 1.59 bits per heavy atom. The van der Waals surface area contributed by atoms with E-state index in [1.54, 1.807) is 17.0 Å². The fourth-order valence-corrected chi connectivity index (χ4v) is 5.81. The smallest absolute Gasteiger partial charge is 0.326 e. The molecule has 3 heterocycles. The maximum atomic E-state index is 15.5. The van der Waals surface area contributed by atoms with Gasteiger partial charge in [0.15, 0.2) is 11.6 Å². The molecule has 1 amide bonds. The molecule has 2 saturated heterocycles. The summed E-state index contributed by atoms with van der Waals surface area (Å²) < 4.78 is 15.5. The third-order valence-electron chi connectivity index (χ3n) is 7.76. The van der Waals surface area contributed by atoms with E-state index in [9.17, 15) is 14.7 Å². The number of anilines is 2. The first-order valence-electron chi connectivity index (χ1n) is 13.9. The van der Waals surface area contributed by atoms with Gasteiger partial charge in [-0.05, 0) is 60.9 Å². The van der Waals surface area contributed by atoms with Gasteiger partial charge in [0.2, 0.25) is 11.7 Å². The highest BCUT2D eigenvalue weighted by atomic mass is 35.5. The number of carbonyl (C=O) groups excluding carboxylic acids is 1. The van der Waals surface area contributed by atoms with E-state index in [1.165, 1.54) is 6.33 Å². The minimum atomic E-state index is -1.12. The van der Waals surface area contributed by atoms with Gasteiger partial charge in [-0.15, -0.1) is 0 Å². The Bertz CT molecular complexity index is 1400. The van der Waals surface area contributed by atoms with E-state index in [4.69, 9.17) is 23.2 Å². The molecule has 216 valence electrons. The van der Waals surface area contributed by atoms with E-state index < -0.39 is 23.7 Å². The van der Waals surface area contributed by atoms with Crippen molar-refractivity contribution >= 4 is 46.7 Å². The van der Waals surface area contributed by atoms with Crippen LogP contribution in [-0.2, 0) is 16.0 Å². The minimum absolute atomic E-state index is 0.124. The fourth-order valence-electron chi connectivity index (χ4n) is 5.52. The molecule has 0 spiro atoms. The summed E-state index contributed by atoms with van der Waals surface area (Å²) in [6.07, 6.45) is 5.86. The van der Waals surface area contributed by atoms with Crippen LogP contribution in [0.25, 0.3) is 11.1 Å². The Kier molecular flexibility index (Phi) is 9.25. The molecule has 0 bridgehead atoms. The Labute approximate surface area is 248 Å². The summed E-state index contributed by atoms with van der Waals surface area (Å²) in [4.78, 5) is 37.4. The van der Waals surface area contributed by atoms with E-state index in [0.29, 0.717) is 35.2 Å². The molecular weight excluding hydrogens is 568 g/mol. The second kappa shape index (κ2) is 13.0. The van der Waals surface area contributed by atoms with Crippen molar-refractivity contribution in [3.8, 4) is 11.1 Å². The number of piperidine rings is 2. The highest BCUT2D eigenvalue weighted by molar-refractivity contribution is 6.42. The van der Waals surface area contributed by atoms with Crippen molar-refractivity contribution in [1.82, 2.24) is 15.3 Å². The number of nitrogens with zero attached hydrogens (tertiary/aromatic N) is 4. The van der Waals surface area contributed by atoms with Gasteiger partial charge in [-0.3, -0.25) is 4.79 Å². The first kappa shape index (κ1) is 29.1. The average Bonchev–Trinajstić information content (AvgIpc) is 2.99. The Hall–Kier alpha value is -3.43. The molecule has 41 heavy (non-hydrogen) atoms. The number of carboxylic acids is 1. The van der Waals surface area contributed by atoms with Gasteiger partial charge >= 0.3 is 5.97 Å². The summed E-state index contributed by atoms with van der Waals surface area (Å²) in [6, 6.07) is 11.7. The molecule has 0 radical (unpaired) electrons. The molecule has 11 heteroatoms. The summed E-state index contributed by atoms with van der Waals surface area (Å²) in [5.41, 5.74) is 2.56. The second-order valence-corrected chi connectivity index (χ2v) is 11.4. The van der Waals surface area contributed by atoms with E-state index in [0.717, 1.165) is 49.0 Å². The number of rotatable bonds is 8. The lowest BCUT2D eigenvalue weighted by molar-refractivity contribution is -0.142. The van der Waals surface area contributed by atoms with Gasteiger partial charge in [-0.25, -0.2) is 14.8 Å². The first-order valence-corrected chi connectivity index (χ1v) is 14.6. The second-order valence-electron chi connectivity index (χ2n) is 10.6. The van der Waals surface area contributed by atoms with E-state index in [1.807, 2.05) is 35.2 Å². The first-order chi connectivity index (χ1) is 19.8. The molecule has 5 rings (SSSR count). The van der Waals surface area contributed by atoms with Crippen LogP contribution in [0.4, 0.5) is 16.0 Å². The Balaban J connectivity index is 1.23. The number of halogens is 3. The van der Waals surface area contributed by atoms with Crippen LogP contribution in [0.5, 0.6) is 0 Å². The molecule has 0 saturated carbocycles. The number of carboxylic acid groups (broad SMARTS) is 1. The number of nitrogens with one attached hydrogen (secondary N) is 1. The van der Waals surface area contributed by atoms with Gasteiger partial charge in [0.25, 0.3) is 0 Å². The average molecular weight is 601 g/mol. The van der Waals surface area contributed by atoms with Gasteiger partial charge in [0.1, 0.15) is 12.4 Å². The topological polar surface area (TPSA) is 98.7 Å². The number of aliphatic carboxylic acids is 1. The molecule has 2 N–H and O–H groups in total. The molecule has 2 fully saturated rings. The minimum Gasteiger partial charge on any atom is -0.480 e. The number of amides is 1. The van der Waals surface area contributed by atoms with Crippen molar-refractivity contribution in [3.63, 3.8) is 0 Å². The number of benzene rings is 2. The summed E-state index contributed by atoms with van der Waals surface area (Å²) >= 11 is 12.1. The molecule has 8 nitrogen and oxygen atoms in total. The quantitative estimate of drug-likeness (QED) is 0.347. The molecule has 1 unspecified atom stereocenters. The molecule has 2 aromatic carbocycles. The highest BCUT2D eigenvalue weighted by Gasteiger charge is 2.32. The van der Waals surface area contributed by atoms with E-state index >= 15 is 4.39 Å².